The van der Waals surface area contributed by atoms with Gasteiger partial charge in [-0.15, -0.1) is 0 Å². The molecule has 0 spiro atoms. The number of methoxy groups -OCH3 is 1. The number of aromatic nitrogens is 2. The van der Waals surface area contributed by atoms with Gasteiger partial charge < -0.3 is 29.0 Å². The van der Waals surface area contributed by atoms with E-state index >= 15 is 0 Å². The number of nitrogens with one attached hydrogen (secondary N) is 2. The minimum atomic E-state index is -4.57. The molecule has 2 unspecified atom stereocenters. The SMILES string of the molecule is C=CC(=O)N1CC(OCC(C(=O)N[C@H]2Cc3cccc(c3)-c3ccc4c(c3)c(c(-c3cccnc3C(C)OC)n4CC(F)(F)F)CC(C)(C)COC(=O)[C@@H]3CCCN(N3)C2=O)C(C)C)C1. The predicted octanol–water partition coefficient (Wildman–Crippen LogP) is 6.97. The molecule has 348 valence electrons. The Kier molecular flexibility index (Phi) is 14.2. The molecule has 65 heavy (non-hydrogen) atoms. The third kappa shape index (κ3) is 10.8. The van der Waals surface area contributed by atoms with E-state index in [4.69, 9.17) is 14.2 Å². The van der Waals surface area contributed by atoms with E-state index in [-0.39, 0.29) is 56.4 Å². The van der Waals surface area contributed by atoms with Gasteiger partial charge in [-0.1, -0.05) is 64.6 Å². The summed E-state index contributed by atoms with van der Waals surface area (Å²) in [7, 11) is 1.52. The highest BCUT2D eigenvalue weighted by atomic mass is 19.4. The molecule has 2 aromatic heterocycles. The molecular formula is C49H59F3N6O7. The second-order valence-electron chi connectivity index (χ2n) is 18.6. The van der Waals surface area contributed by atoms with E-state index in [1.807, 2.05) is 58.0 Å². The van der Waals surface area contributed by atoms with Crippen LogP contribution in [0.3, 0.4) is 0 Å². The van der Waals surface area contributed by atoms with E-state index in [0.717, 1.165) is 16.7 Å². The van der Waals surface area contributed by atoms with Gasteiger partial charge in [0.1, 0.15) is 18.6 Å². The quantitative estimate of drug-likeness (QED) is 0.121. The minimum Gasteiger partial charge on any atom is -0.464 e. The van der Waals surface area contributed by atoms with E-state index < -0.39 is 54.1 Å². The molecule has 2 aromatic carbocycles. The Morgan fingerprint density at radius 1 is 1.08 bits per heavy atom. The standard InChI is InChI=1S/C49H59F3N6O7/c1-8-42(59)56-24-34(25-56)64-26-38(29(2)3)45(60)54-40-21-31-12-9-13-32(20-31)33-16-17-41-36(22-33)37(23-48(5,6)28-65-47(62)39-15-11-19-58(55-39)46(40)61)44(57(41)27-49(50,51)52)35-14-10-18-53-43(35)30(4)63-7/h8-10,12-14,16-18,20,22,29-30,34,38-40,55H,1,11,15,19,21,23-28H2,2-7H3,(H,54,60)/t30?,38?,39-,40-/m0/s1. The number of pyridine rings is 1. The summed E-state index contributed by atoms with van der Waals surface area (Å²) in [4.78, 5) is 60.7. The molecule has 16 heteroatoms. The van der Waals surface area contributed by atoms with Crippen molar-refractivity contribution in [1.82, 2.24) is 30.2 Å². The molecule has 2 N–H and O–H groups in total. The Hall–Kier alpha value is -5.58. The first-order valence-electron chi connectivity index (χ1n) is 22.2. The summed E-state index contributed by atoms with van der Waals surface area (Å²) in [5.41, 5.74) is 6.87. The Labute approximate surface area is 377 Å². The molecule has 3 amide bonds. The summed E-state index contributed by atoms with van der Waals surface area (Å²) in [6, 6.07) is 14.5. The molecule has 7 rings (SSSR count). The second-order valence-corrected chi connectivity index (χ2v) is 18.6. The van der Waals surface area contributed by atoms with Crippen molar-refractivity contribution in [3.63, 3.8) is 0 Å². The van der Waals surface area contributed by atoms with Crippen molar-refractivity contribution in [3.05, 3.63) is 90.3 Å². The fourth-order valence-electron chi connectivity index (χ4n) is 8.94. The normalized spacial score (nSPS) is 20.5. The third-order valence-electron chi connectivity index (χ3n) is 12.6. The number of amides is 3. The summed E-state index contributed by atoms with van der Waals surface area (Å²) >= 11 is 0. The fourth-order valence-corrected chi connectivity index (χ4v) is 8.94. The molecular weight excluding hydrogens is 842 g/mol. The molecule has 2 fully saturated rings. The zero-order valence-corrected chi connectivity index (χ0v) is 37.9. The number of halogens is 3. The van der Waals surface area contributed by atoms with Gasteiger partial charge in [0.2, 0.25) is 11.8 Å². The van der Waals surface area contributed by atoms with E-state index in [1.165, 1.54) is 22.8 Å². The van der Waals surface area contributed by atoms with Crippen molar-refractivity contribution in [2.24, 2.45) is 17.3 Å². The lowest BCUT2D eigenvalue weighted by Crippen LogP contribution is -2.61. The molecule has 5 heterocycles. The highest BCUT2D eigenvalue weighted by Crippen LogP contribution is 2.43. The van der Waals surface area contributed by atoms with Gasteiger partial charge in [0.15, 0.2) is 0 Å². The van der Waals surface area contributed by atoms with Crippen LogP contribution in [0.4, 0.5) is 13.2 Å². The van der Waals surface area contributed by atoms with Gasteiger partial charge in [0.05, 0.1) is 42.7 Å². The number of benzene rings is 2. The minimum absolute atomic E-state index is 0.0692. The van der Waals surface area contributed by atoms with Crippen LogP contribution in [-0.2, 0) is 52.8 Å². The van der Waals surface area contributed by atoms with E-state index in [9.17, 15) is 32.3 Å². The van der Waals surface area contributed by atoms with Gasteiger partial charge in [-0.3, -0.25) is 29.2 Å². The zero-order valence-electron chi connectivity index (χ0n) is 37.9. The van der Waals surface area contributed by atoms with Crippen LogP contribution < -0.4 is 10.7 Å². The number of cyclic esters (lactones) is 1. The number of hydrogen-bond donors (Lipinski definition) is 2. The number of hydrogen-bond acceptors (Lipinski definition) is 9. The molecule has 0 aliphatic carbocycles. The molecule has 0 radical (unpaired) electrons. The molecule has 6 bridgehead atoms. The Morgan fingerprint density at radius 3 is 2.54 bits per heavy atom. The van der Waals surface area contributed by atoms with Gasteiger partial charge in [-0.2, -0.15) is 13.2 Å². The van der Waals surface area contributed by atoms with Crippen LogP contribution >= 0.6 is 0 Å². The number of hydrazine groups is 1. The van der Waals surface area contributed by atoms with E-state index in [0.29, 0.717) is 59.3 Å². The maximum Gasteiger partial charge on any atom is 0.406 e. The summed E-state index contributed by atoms with van der Waals surface area (Å²) in [6.45, 7) is 12.8. The number of fused-ring (bicyclic) bond motifs is 6. The molecule has 13 nitrogen and oxygen atoms in total. The lowest BCUT2D eigenvalue weighted by molar-refractivity contribution is -0.155. The third-order valence-corrected chi connectivity index (χ3v) is 12.6. The first-order chi connectivity index (χ1) is 30.9. The monoisotopic (exact) mass is 900 g/mol. The average Bonchev–Trinajstić information content (AvgIpc) is 3.54. The van der Waals surface area contributed by atoms with Crippen LogP contribution in [0.1, 0.15) is 70.4 Å². The van der Waals surface area contributed by atoms with Crippen LogP contribution in [0.15, 0.2) is 73.4 Å². The topological polar surface area (TPSA) is 144 Å². The van der Waals surface area contributed by atoms with Gasteiger partial charge in [-0.05, 0) is 84.7 Å². The van der Waals surface area contributed by atoms with Gasteiger partial charge in [0, 0.05) is 61.2 Å². The molecule has 4 aromatic rings. The summed E-state index contributed by atoms with van der Waals surface area (Å²) in [5, 5.41) is 5.02. The number of ether oxygens (including phenoxy) is 3. The Balaban J connectivity index is 1.30. The first-order valence-corrected chi connectivity index (χ1v) is 22.2. The maximum absolute atomic E-state index is 14.6. The largest absolute Gasteiger partial charge is 0.464 e. The summed E-state index contributed by atoms with van der Waals surface area (Å²) in [6.07, 6.45) is -1.29. The number of alkyl halides is 3. The van der Waals surface area contributed by atoms with Crippen LogP contribution in [0.5, 0.6) is 0 Å². The van der Waals surface area contributed by atoms with Crippen molar-refractivity contribution in [2.75, 3.05) is 40.0 Å². The Morgan fingerprint density at radius 2 is 1.83 bits per heavy atom. The predicted molar refractivity (Wildman–Crippen MR) is 239 cm³/mol. The smallest absolute Gasteiger partial charge is 0.406 e. The van der Waals surface area contributed by atoms with E-state index in [1.54, 1.807) is 42.3 Å². The first kappa shape index (κ1) is 47.4. The number of carbonyl (C=O) groups is 4. The molecule has 0 saturated carbocycles. The van der Waals surface area contributed by atoms with Crippen LogP contribution in [0.25, 0.3) is 33.3 Å². The number of carbonyl (C=O) groups excluding carboxylic acids is 4. The molecule has 4 atom stereocenters. The van der Waals surface area contributed by atoms with Crippen LogP contribution in [0.2, 0.25) is 0 Å². The highest BCUT2D eigenvalue weighted by Gasteiger charge is 2.38. The van der Waals surface area contributed by atoms with Gasteiger partial charge in [-0.25, -0.2) is 5.43 Å². The second kappa shape index (κ2) is 19.5. The highest BCUT2D eigenvalue weighted by molar-refractivity contribution is 5.95. The van der Waals surface area contributed by atoms with Gasteiger partial charge >= 0.3 is 12.1 Å². The number of likely N-dealkylation sites (tertiary alicyclic amines) is 1. The van der Waals surface area contributed by atoms with Crippen molar-refractivity contribution >= 4 is 34.6 Å². The van der Waals surface area contributed by atoms with Crippen molar-refractivity contribution in [3.8, 4) is 22.4 Å². The van der Waals surface area contributed by atoms with Gasteiger partial charge in [0.25, 0.3) is 5.91 Å². The van der Waals surface area contributed by atoms with E-state index in [2.05, 4.69) is 22.3 Å². The lowest BCUT2D eigenvalue weighted by atomic mass is 9.84. The summed E-state index contributed by atoms with van der Waals surface area (Å²) < 4.78 is 63.0. The van der Waals surface area contributed by atoms with Crippen LogP contribution in [-0.4, -0.2) is 107 Å². The molecule has 3 aliphatic heterocycles. The number of nitrogens with zero attached hydrogens (tertiary/aromatic N) is 4. The van der Waals surface area contributed by atoms with Crippen molar-refractivity contribution < 1.29 is 46.6 Å². The lowest BCUT2D eigenvalue weighted by Gasteiger charge is -2.39. The fraction of sp³-hybridized carbons (Fsp3) is 0.490. The maximum atomic E-state index is 14.6. The molecule has 3 aliphatic rings. The molecule has 2 saturated heterocycles. The zero-order chi connectivity index (χ0) is 46.8. The summed E-state index contributed by atoms with van der Waals surface area (Å²) in [5.74, 6) is -2.34. The van der Waals surface area contributed by atoms with Crippen molar-refractivity contribution in [2.45, 2.75) is 97.3 Å². The number of rotatable bonds is 11. The average molecular weight is 901 g/mol. The number of esters is 1. The van der Waals surface area contributed by atoms with Crippen LogP contribution in [0, 0.1) is 17.3 Å². The van der Waals surface area contributed by atoms with Crippen molar-refractivity contribution in [1.29, 1.82) is 0 Å². The Bertz CT molecular complexity index is 2430.